The van der Waals surface area contributed by atoms with Crippen molar-refractivity contribution < 1.29 is 4.39 Å². The van der Waals surface area contributed by atoms with Gasteiger partial charge >= 0.3 is 0 Å². The van der Waals surface area contributed by atoms with Crippen LogP contribution in [0.3, 0.4) is 0 Å². The van der Waals surface area contributed by atoms with Gasteiger partial charge in [-0.3, -0.25) is 5.01 Å². The maximum atomic E-state index is 14.1. The molecule has 1 N–H and O–H groups in total. The first-order chi connectivity index (χ1) is 10.8. The van der Waals surface area contributed by atoms with Gasteiger partial charge in [0.15, 0.2) is 5.82 Å². The Morgan fingerprint density at radius 2 is 2.13 bits per heavy atom. The minimum Gasteiger partial charge on any atom is -0.376 e. The Bertz CT molecular complexity index is 558. The quantitative estimate of drug-likeness (QED) is 0.395. The molecule has 0 aliphatic heterocycles. The molecule has 0 fully saturated rings. The number of rotatable bonds is 8. The Kier molecular flexibility index (Phi) is 8.03. The van der Waals surface area contributed by atoms with Crippen molar-refractivity contribution in [2.75, 3.05) is 18.9 Å². The van der Waals surface area contributed by atoms with Crippen LogP contribution in [0.2, 0.25) is 5.02 Å². The summed E-state index contributed by atoms with van der Waals surface area (Å²) in [5.74, 6) is -0.420. The van der Waals surface area contributed by atoms with E-state index in [0.29, 0.717) is 12.2 Å². The molecular formula is C17H26ClFN4. The molecule has 4 nitrogen and oxygen atoms in total. The molecule has 1 unspecified atom stereocenters. The van der Waals surface area contributed by atoms with Gasteiger partial charge in [-0.05, 0) is 46.2 Å². The zero-order chi connectivity index (χ0) is 17.4. The maximum absolute atomic E-state index is 14.1. The summed E-state index contributed by atoms with van der Waals surface area (Å²) >= 11 is 5.84. The molecule has 1 atom stereocenters. The SMILES string of the molecule is C/C=C(\C)C(CCN(C)N=NC(C)C)Nc1cccc(Cl)c1F. The fourth-order valence-electron chi connectivity index (χ4n) is 1.97. The van der Waals surface area contributed by atoms with Crippen molar-refractivity contribution in [1.29, 1.82) is 0 Å². The molecule has 1 rings (SSSR count). The topological polar surface area (TPSA) is 40.0 Å². The van der Waals surface area contributed by atoms with E-state index < -0.39 is 5.82 Å². The van der Waals surface area contributed by atoms with Gasteiger partial charge < -0.3 is 5.32 Å². The van der Waals surface area contributed by atoms with E-state index in [2.05, 4.69) is 15.7 Å². The molecule has 0 saturated carbocycles. The van der Waals surface area contributed by atoms with Gasteiger partial charge in [0, 0.05) is 19.6 Å². The number of allylic oxidation sites excluding steroid dienone is 1. The van der Waals surface area contributed by atoms with Crippen molar-refractivity contribution >= 4 is 17.3 Å². The van der Waals surface area contributed by atoms with Crippen LogP contribution < -0.4 is 5.32 Å². The second-order valence-electron chi connectivity index (χ2n) is 5.80. The van der Waals surface area contributed by atoms with Crippen LogP contribution >= 0.6 is 11.6 Å². The lowest BCUT2D eigenvalue weighted by Gasteiger charge is -2.23. The van der Waals surface area contributed by atoms with Crippen molar-refractivity contribution in [3.63, 3.8) is 0 Å². The van der Waals surface area contributed by atoms with E-state index in [1.807, 2.05) is 40.8 Å². The molecule has 0 heterocycles. The summed E-state index contributed by atoms with van der Waals surface area (Å²) in [7, 11) is 1.88. The van der Waals surface area contributed by atoms with Gasteiger partial charge in [-0.25, -0.2) is 4.39 Å². The number of nitrogens with zero attached hydrogens (tertiary/aromatic N) is 3. The van der Waals surface area contributed by atoms with Crippen LogP contribution in [0.25, 0.3) is 0 Å². The van der Waals surface area contributed by atoms with Crippen LogP contribution in [0.1, 0.15) is 34.1 Å². The normalized spacial score (nSPS) is 13.7. The van der Waals surface area contributed by atoms with E-state index in [9.17, 15) is 4.39 Å². The van der Waals surface area contributed by atoms with Crippen molar-refractivity contribution in [3.8, 4) is 0 Å². The number of anilines is 1. The first kappa shape index (κ1) is 19.4. The fourth-order valence-corrected chi connectivity index (χ4v) is 2.14. The predicted octanol–water partition coefficient (Wildman–Crippen LogP) is 5.32. The van der Waals surface area contributed by atoms with E-state index in [1.165, 1.54) is 0 Å². The zero-order valence-corrected chi connectivity index (χ0v) is 15.2. The Hall–Kier alpha value is -1.62. The van der Waals surface area contributed by atoms with Gasteiger partial charge in [-0.1, -0.05) is 34.5 Å². The summed E-state index contributed by atoms with van der Waals surface area (Å²) in [6, 6.07) is 5.14. The molecule has 6 heteroatoms. The highest BCUT2D eigenvalue weighted by molar-refractivity contribution is 6.31. The van der Waals surface area contributed by atoms with Crippen LogP contribution in [0.15, 0.2) is 40.2 Å². The highest BCUT2D eigenvalue weighted by atomic mass is 35.5. The molecule has 0 aliphatic carbocycles. The van der Waals surface area contributed by atoms with Crippen LogP contribution in [0, 0.1) is 5.82 Å². The first-order valence-corrected chi connectivity index (χ1v) is 8.18. The Morgan fingerprint density at radius 1 is 1.43 bits per heavy atom. The second-order valence-corrected chi connectivity index (χ2v) is 6.21. The third kappa shape index (κ3) is 6.57. The Balaban J connectivity index is 2.76. The molecule has 23 heavy (non-hydrogen) atoms. The lowest BCUT2D eigenvalue weighted by Crippen LogP contribution is -2.26. The van der Waals surface area contributed by atoms with E-state index >= 15 is 0 Å². The molecule has 0 spiro atoms. The Morgan fingerprint density at radius 3 is 2.74 bits per heavy atom. The number of hydrogen-bond donors (Lipinski definition) is 1. The van der Waals surface area contributed by atoms with Gasteiger partial charge in [0.05, 0.1) is 16.8 Å². The van der Waals surface area contributed by atoms with Gasteiger partial charge in [0.25, 0.3) is 0 Å². The van der Waals surface area contributed by atoms with E-state index in [1.54, 1.807) is 23.2 Å². The third-order valence-electron chi connectivity index (χ3n) is 3.46. The third-order valence-corrected chi connectivity index (χ3v) is 3.75. The molecule has 0 aromatic heterocycles. The van der Waals surface area contributed by atoms with Gasteiger partial charge in [-0.2, -0.15) is 5.11 Å². The molecule has 1 aromatic rings. The van der Waals surface area contributed by atoms with E-state index in [-0.39, 0.29) is 17.1 Å². The number of hydrogen-bond acceptors (Lipinski definition) is 3. The number of nitrogens with one attached hydrogen (secondary N) is 1. The molecule has 128 valence electrons. The highest BCUT2D eigenvalue weighted by Crippen LogP contribution is 2.24. The van der Waals surface area contributed by atoms with Crippen molar-refractivity contribution in [2.24, 2.45) is 10.3 Å². The Labute approximate surface area is 143 Å². The van der Waals surface area contributed by atoms with Gasteiger partial charge in [0.1, 0.15) is 0 Å². The summed E-state index contributed by atoms with van der Waals surface area (Å²) in [6.07, 6.45) is 2.80. The molecular weight excluding hydrogens is 315 g/mol. The van der Waals surface area contributed by atoms with Crippen LogP contribution in [-0.2, 0) is 0 Å². The van der Waals surface area contributed by atoms with Gasteiger partial charge in [0.2, 0.25) is 0 Å². The van der Waals surface area contributed by atoms with Crippen LogP contribution in [-0.4, -0.2) is 30.7 Å². The molecule has 1 aromatic carbocycles. The first-order valence-electron chi connectivity index (χ1n) is 7.80. The van der Waals surface area contributed by atoms with E-state index in [0.717, 1.165) is 12.0 Å². The second kappa shape index (κ2) is 9.50. The molecule has 0 radical (unpaired) electrons. The van der Waals surface area contributed by atoms with Crippen LogP contribution in [0.5, 0.6) is 0 Å². The lowest BCUT2D eigenvalue weighted by molar-refractivity contribution is 0.312. The molecule has 0 aliphatic rings. The predicted molar refractivity (Wildman–Crippen MR) is 95.5 cm³/mol. The largest absolute Gasteiger partial charge is 0.376 e. The van der Waals surface area contributed by atoms with Crippen LogP contribution in [0.4, 0.5) is 10.1 Å². The summed E-state index contributed by atoms with van der Waals surface area (Å²) < 4.78 is 14.1. The monoisotopic (exact) mass is 340 g/mol. The number of halogens is 2. The minimum absolute atomic E-state index is 0.00432. The highest BCUT2D eigenvalue weighted by Gasteiger charge is 2.14. The minimum atomic E-state index is -0.420. The average Bonchev–Trinajstić information content (AvgIpc) is 2.52. The van der Waals surface area contributed by atoms with Crippen molar-refractivity contribution in [3.05, 3.63) is 40.7 Å². The number of benzene rings is 1. The molecule has 0 bridgehead atoms. The maximum Gasteiger partial charge on any atom is 0.164 e. The zero-order valence-electron chi connectivity index (χ0n) is 14.5. The standard InChI is InChI=1S/C17H26ClFN4/c1-6-13(4)15(10-11-23(5)22-21-12(2)3)20-16-9-7-8-14(18)17(16)19/h6-9,12,15,20H,10-11H2,1-5H3/b13-6+,22-21?. The summed E-state index contributed by atoms with van der Waals surface area (Å²) in [5, 5.41) is 13.4. The van der Waals surface area contributed by atoms with Crippen molar-refractivity contribution in [1.82, 2.24) is 5.01 Å². The summed E-state index contributed by atoms with van der Waals surface area (Å²) in [4.78, 5) is 0. The molecule has 0 saturated heterocycles. The lowest BCUT2D eigenvalue weighted by atomic mass is 10.0. The fraction of sp³-hybridized carbons (Fsp3) is 0.529. The smallest absolute Gasteiger partial charge is 0.164 e. The average molecular weight is 341 g/mol. The summed E-state index contributed by atoms with van der Waals surface area (Å²) in [5.41, 5.74) is 1.55. The van der Waals surface area contributed by atoms with Gasteiger partial charge in [-0.15, -0.1) is 0 Å². The summed E-state index contributed by atoms with van der Waals surface area (Å²) in [6.45, 7) is 8.67. The molecule has 0 amide bonds. The van der Waals surface area contributed by atoms with E-state index in [4.69, 9.17) is 11.6 Å². The van der Waals surface area contributed by atoms with Crippen molar-refractivity contribution in [2.45, 2.75) is 46.2 Å².